The molecule has 0 aliphatic rings. The highest BCUT2D eigenvalue weighted by Crippen LogP contribution is 2.13. The lowest BCUT2D eigenvalue weighted by Crippen LogP contribution is -2.21. The Kier molecular flexibility index (Phi) is 16.0. The van der Waals surface area contributed by atoms with E-state index in [9.17, 15) is 13.2 Å². The highest BCUT2D eigenvalue weighted by molar-refractivity contribution is 6.40. The van der Waals surface area contributed by atoms with E-state index in [0.29, 0.717) is 0 Å². The van der Waals surface area contributed by atoms with E-state index in [2.05, 4.69) is 0 Å². The summed E-state index contributed by atoms with van der Waals surface area (Å²) < 4.78 is 31.7. The summed E-state index contributed by atoms with van der Waals surface area (Å²) in [4.78, 5) is 8.90. The molecular formula is C4H7Cl2F3O3. The van der Waals surface area contributed by atoms with Crippen molar-refractivity contribution in [3.8, 4) is 0 Å². The summed E-state index contributed by atoms with van der Waals surface area (Å²) >= 11 is 9.53. The van der Waals surface area contributed by atoms with Crippen molar-refractivity contribution in [3.63, 3.8) is 0 Å². The lowest BCUT2D eigenvalue weighted by Gasteiger charge is -1.93. The Morgan fingerprint density at radius 3 is 1.42 bits per heavy atom. The third-order valence-electron chi connectivity index (χ3n) is 0.243. The molecule has 2 N–H and O–H groups in total. The molecule has 8 heteroatoms. The third kappa shape index (κ3) is 22.6. The van der Waals surface area contributed by atoms with Crippen LogP contribution in [0.2, 0.25) is 0 Å². The molecule has 3 nitrogen and oxygen atoms in total. The average molecular weight is 231 g/mol. The van der Waals surface area contributed by atoms with Gasteiger partial charge in [0.25, 0.3) is 0 Å². The average Bonchev–Trinajstić information content (AvgIpc) is 1.91. The standard InChI is InChI=1S/C2HF3O2.CH2Cl2.CH4O/c3-2(4,5)1(6)7;2-1-3;1-2/h(H,6,7);1H2;2H,1H3. The lowest BCUT2D eigenvalue weighted by molar-refractivity contribution is -0.192. The first-order chi connectivity index (χ1) is 5.36. The van der Waals surface area contributed by atoms with Crippen molar-refractivity contribution in [3.05, 3.63) is 0 Å². The van der Waals surface area contributed by atoms with Crippen LogP contribution in [0.4, 0.5) is 13.2 Å². The third-order valence-corrected chi connectivity index (χ3v) is 0.243. The number of hydrogen-bond acceptors (Lipinski definition) is 2. The van der Waals surface area contributed by atoms with E-state index in [1.165, 1.54) is 0 Å². The second-order valence-electron chi connectivity index (χ2n) is 0.904. The van der Waals surface area contributed by atoms with Gasteiger partial charge in [-0.1, -0.05) is 0 Å². The number of aliphatic hydroxyl groups is 1. The summed E-state index contributed by atoms with van der Waals surface area (Å²) in [6.45, 7) is 0. The molecule has 0 aromatic heterocycles. The van der Waals surface area contributed by atoms with Gasteiger partial charge in [-0.3, -0.25) is 0 Å². The van der Waals surface area contributed by atoms with E-state index in [1.807, 2.05) is 0 Å². The molecule has 0 saturated heterocycles. The van der Waals surface area contributed by atoms with Gasteiger partial charge >= 0.3 is 12.1 Å². The van der Waals surface area contributed by atoms with Crippen molar-refractivity contribution in [1.82, 2.24) is 0 Å². The molecule has 12 heavy (non-hydrogen) atoms. The van der Waals surface area contributed by atoms with E-state index in [0.717, 1.165) is 7.11 Å². The molecule has 0 aromatic rings. The molecular weight excluding hydrogens is 224 g/mol. The fourth-order valence-electron chi connectivity index (χ4n) is 0. The predicted octanol–water partition coefficient (Wildman–Crippen LogP) is 1.66. The summed E-state index contributed by atoms with van der Waals surface area (Å²) in [6, 6.07) is 0. The van der Waals surface area contributed by atoms with Crippen LogP contribution in [0.3, 0.4) is 0 Å². The van der Waals surface area contributed by atoms with Crippen LogP contribution >= 0.6 is 23.2 Å². The molecule has 76 valence electrons. The van der Waals surface area contributed by atoms with Crippen molar-refractivity contribution in [1.29, 1.82) is 0 Å². The first-order valence-corrected chi connectivity index (χ1v) is 3.30. The Balaban J connectivity index is -0.000000137. The van der Waals surface area contributed by atoms with E-state index in [-0.39, 0.29) is 5.34 Å². The maximum atomic E-state index is 10.6. The van der Waals surface area contributed by atoms with Crippen LogP contribution in [0.25, 0.3) is 0 Å². The van der Waals surface area contributed by atoms with Crippen molar-refractivity contribution in [2.24, 2.45) is 0 Å². The van der Waals surface area contributed by atoms with Crippen molar-refractivity contribution >= 4 is 29.2 Å². The quantitative estimate of drug-likeness (QED) is 0.623. The number of halogens is 5. The first kappa shape index (κ1) is 17.8. The Hall–Kier alpha value is -0.200. The van der Waals surface area contributed by atoms with Gasteiger partial charge in [-0.2, -0.15) is 13.2 Å². The van der Waals surface area contributed by atoms with Crippen LogP contribution in [0.5, 0.6) is 0 Å². The lowest BCUT2D eigenvalue weighted by atomic mass is 10.7. The molecule has 0 aliphatic heterocycles. The second-order valence-corrected chi connectivity index (χ2v) is 1.71. The largest absolute Gasteiger partial charge is 0.490 e. The molecule has 0 atom stereocenters. The molecule has 0 saturated carbocycles. The Labute approximate surface area is 76.7 Å². The Bertz CT molecular complexity index is 106. The highest BCUT2D eigenvalue weighted by Gasteiger charge is 2.38. The molecule has 0 radical (unpaired) electrons. The molecule has 0 heterocycles. The van der Waals surface area contributed by atoms with Gasteiger partial charge in [-0.25, -0.2) is 4.79 Å². The van der Waals surface area contributed by atoms with E-state index in [1.54, 1.807) is 0 Å². The first-order valence-electron chi connectivity index (χ1n) is 2.23. The highest BCUT2D eigenvalue weighted by atomic mass is 35.5. The number of carboxylic acid groups (broad SMARTS) is 1. The summed E-state index contributed by atoms with van der Waals surface area (Å²) in [5, 5.41) is 14.3. The topological polar surface area (TPSA) is 57.5 Å². The summed E-state index contributed by atoms with van der Waals surface area (Å²) in [6.07, 6.45) is -5.08. The van der Waals surface area contributed by atoms with Crippen LogP contribution < -0.4 is 0 Å². The SMILES string of the molecule is CO.ClCCl.O=C(O)C(F)(F)F. The number of carbonyl (C=O) groups is 1. The van der Waals surface area contributed by atoms with Gasteiger partial charge in [-0.05, 0) is 0 Å². The van der Waals surface area contributed by atoms with Crippen LogP contribution in [0.15, 0.2) is 0 Å². The normalized spacial score (nSPS) is 8.58. The number of carboxylic acids is 1. The molecule has 0 unspecified atom stereocenters. The maximum Gasteiger partial charge on any atom is 0.490 e. The van der Waals surface area contributed by atoms with Crippen molar-refractivity contribution in [2.75, 3.05) is 12.4 Å². The van der Waals surface area contributed by atoms with E-state index in [4.69, 9.17) is 38.2 Å². The molecule has 0 aromatic carbocycles. The minimum atomic E-state index is -5.08. The van der Waals surface area contributed by atoms with Gasteiger partial charge in [0.15, 0.2) is 0 Å². The van der Waals surface area contributed by atoms with Crippen LogP contribution in [-0.4, -0.2) is 34.8 Å². The van der Waals surface area contributed by atoms with Gasteiger partial charge in [0.1, 0.15) is 0 Å². The van der Waals surface area contributed by atoms with Crippen LogP contribution in [-0.2, 0) is 4.79 Å². The minimum absolute atomic E-state index is 0.194. The summed E-state index contributed by atoms with van der Waals surface area (Å²) in [5.74, 6) is -2.76. The maximum absolute atomic E-state index is 10.6. The Morgan fingerprint density at radius 2 is 1.42 bits per heavy atom. The van der Waals surface area contributed by atoms with Gasteiger partial charge in [0.2, 0.25) is 0 Å². The number of alkyl halides is 5. The zero-order valence-corrected chi connectivity index (χ0v) is 7.41. The van der Waals surface area contributed by atoms with Gasteiger partial charge in [0.05, 0.1) is 5.34 Å². The van der Waals surface area contributed by atoms with E-state index >= 15 is 0 Å². The Morgan fingerprint density at radius 1 is 1.33 bits per heavy atom. The van der Waals surface area contributed by atoms with Crippen LogP contribution in [0, 0.1) is 0 Å². The molecule has 0 bridgehead atoms. The van der Waals surface area contributed by atoms with Gasteiger partial charge < -0.3 is 10.2 Å². The van der Waals surface area contributed by atoms with Crippen molar-refractivity contribution in [2.45, 2.75) is 6.18 Å². The molecule has 0 fully saturated rings. The molecule has 0 aliphatic carbocycles. The van der Waals surface area contributed by atoms with E-state index < -0.39 is 12.1 Å². The fraction of sp³-hybridized carbons (Fsp3) is 0.750. The molecule has 0 amide bonds. The number of aliphatic hydroxyl groups excluding tert-OH is 1. The summed E-state index contributed by atoms with van der Waals surface area (Å²) in [5.41, 5.74) is 0. The van der Waals surface area contributed by atoms with Crippen LogP contribution in [0.1, 0.15) is 0 Å². The van der Waals surface area contributed by atoms with Gasteiger partial charge in [-0.15, -0.1) is 23.2 Å². The summed E-state index contributed by atoms with van der Waals surface area (Å²) in [7, 11) is 1.00. The number of aliphatic carboxylic acids is 1. The second kappa shape index (κ2) is 10.8. The number of hydrogen-bond donors (Lipinski definition) is 2. The zero-order valence-electron chi connectivity index (χ0n) is 5.90. The van der Waals surface area contributed by atoms with Gasteiger partial charge in [0, 0.05) is 7.11 Å². The van der Waals surface area contributed by atoms with Crippen molar-refractivity contribution < 1.29 is 28.2 Å². The fourth-order valence-corrected chi connectivity index (χ4v) is 0. The predicted molar refractivity (Wildman–Crippen MR) is 38.4 cm³/mol. The smallest absolute Gasteiger partial charge is 0.475 e. The number of rotatable bonds is 0. The molecule has 0 spiro atoms. The minimum Gasteiger partial charge on any atom is -0.475 e. The zero-order chi connectivity index (χ0) is 10.8. The monoisotopic (exact) mass is 230 g/mol. The molecule has 0 rings (SSSR count).